The average Bonchev–Trinajstić information content (AvgIpc) is 2.71. The van der Waals surface area contributed by atoms with Crippen LogP contribution in [0.5, 0.6) is 0 Å². The number of hydrogen-bond donors (Lipinski definition) is 1. The van der Waals surface area contributed by atoms with E-state index in [0.29, 0.717) is 16.4 Å². The first kappa shape index (κ1) is 21.2. The second-order valence-electron chi connectivity index (χ2n) is 6.32. The molecule has 0 aliphatic rings. The van der Waals surface area contributed by atoms with Crippen LogP contribution in [0.4, 0.5) is 11.4 Å². The fraction of sp³-hybridized carbons (Fsp3) is 0.0952. The van der Waals surface area contributed by atoms with Crippen molar-refractivity contribution in [2.24, 2.45) is 0 Å². The maximum Gasteiger partial charge on any atom is 0.264 e. The Hall–Kier alpha value is -2.54. The molecular formula is C21H18Cl2N2O3S. The van der Waals surface area contributed by atoms with Crippen molar-refractivity contribution in [2.75, 3.05) is 16.7 Å². The van der Waals surface area contributed by atoms with Gasteiger partial charge in [-0.25, -0.2) is 8.42 Å². The Morgan fingerprint density at radius 2 is 1.62 bits per heavy atom. The summed E-state index contributed by atoms with van der Waals surface area (Å²) in [5.41, 5.74) is 1.88. The molecular weight excluding hydrogens is 431 g/mol. The topological polar surface area (TPSA) is 66.5 Å². The van der Waals surface area contributed by atoms with Gasteiger partial charge in [0.2, 0.25) is 0 Å². The van der Waals surface area contributed by atoms with Gasteiger partial charge in [-0.3, -0.25) is 9.10 Å². The lowest BCUT2D eigenvalue weighted by molar-refractivity contribution is 0.102. The van der Waals surface area contributed by atoms with Gasteiger partial charge in [-0.15, -0.1) is 0 Å². The van der Waals surface area contributed by atoms with Gasteiger partial charge in [0.05, 0.1) is 21.2 Å². The molecule has 0 bridgehead atoms. The van der Waals surface area contributed by atoms with Crippen LogP contribution < -0.4 is 9.62 Å². The summed E-state index contributed by atoms with van der Waals surface area (Å²) in [6.45, 7) is 1.80. The number of carbonyl (C=O) groups is 1. The van der Waals surface area contributed by atoms with Crippen LogP contribution in [-0.2, 0) is 10.0 Å². The normalized spacial score (nSPS) is 11.2. The summed E-state index contributed by atoms with van der Waals surface area (Å²) in [6, 6.07) is 17.8. The minimum atomic E-state index is -3.74. The zero-order valence-corrected chi connectivity index (χ0v) is 18.0. The van der Waals surface area contributed by atoms with Gasteiger partial charge in [0, 0.05) is 17.8 Å². The van der Waals surface area contributed by atoms with Gasteiger partial charge in [0.15, 0.2) is 0 Å². The van der Waals surface area contributed by atoms with E-state index in [1.54, 1.807) is 43.3 Å². The monoisotopic (exact) mass is 448 g/mol. The Balaban J connectivity index is 1.86. The Bertz CT molecular complexity index is 1170. The van der Waals surface area contributed by atoms with Gasteiger partial charge in [-0.2, -0.15) is 0 Å². The predicted molar refractivity (Wildman–Crippen MR) is 118 cm³/mol. The maximum absolute atomic E-state index is 12.8. The number of hydrogen-bond acceptors (Lipinski definition) is 3. The Morgan fingerprint density at radius 3 is 2.28 bits per heavy atom. The number of nitrogens with one attached hydrogen (secondary N) is 1. The highest BCUT2D eigenvalue weighted by atomic mass is 35.5. The molecule has 0 spiro atoms. The zero-order chi connectivity index (χ0) is 21.2. The first-order valence-corrected chi connectivity index (χ1v) is 10.8. The number of halogens is 2. The summed E-state index contributed by atoms with van der Waals surface area (Å²) in [4.78, 5) is 12.8. The van der Waals surface area contributed by atoms with E-state index in [2.05, 4.69) is 5.32 Å². The number of anilines is 2. The van der Waals surface area contributed by atoms with E-state index in [1.165, 1.54) is 37.4 Å². The predicted octanol–water partition coefficient (Wildman–Crippen LogP) is 5.38. The number of amides is 1. The second kappa shape index (κ2) is 8.45. The fourth-order valence-corrected chi connectivity index (χ4v) is 4.35. The summed E-state index contributed by atoms with van der Waals surface area (Å²) < 4.78 is 26.7. The largest absolute Gasteiger partial charge is 0.322 e. The van der Waals surface area contributed by atoms with Crippen LogP contribution in [0.2, 0.25) is 10.0 Å². The first-order chi connectivity index (χ1) is 13.7. The van der Waals surface area contributed by atoms with Crippen molar-refractivity contribution in [1.29, 1.82) is 0 Å². The molecule has 3 aromatic carbocycles. The van der Waals surface area contributed by atoms with Gasteiger partial charge >= 0.3 is 0 Å². The van der Waals surface area contributed by atoms with E-state index in [0.717, 1.165) is 9.87 Å². The molecule has 3 rings (SSSR count). The van der Waals surface area contributed by atoms with Crippen molar-refractivity contribution < 1.29 is 13.2 Å². The third-order valence-corrected chi connectivity index (χ3v) is 7.00. The molecule has 150 valence electrons. The summed E-state index contributed by atoms with van der Waals surface area (Å²) in [7, 11) is -2.31. The van der Waals surface area contributed by atoms with Gasteiger partial charge in [0.1, 0.15) is 0 Å². The lowest BCUT2D eigenvalue weighted by Gasteiger charge is -2.20. The average molecular weight is 449 g/mol. The molecule has 5 nitrogen and oxygen atoms in total. The summed E-state index contributed by atoms with van der Waals surface area (Å²) in [5.74, 6) is -0.416. The number of rotatable bonds is 5. The Labute approximate surface area is 179 Å². The molecule has 1 N–H and O–H groups in total. The lowest BCUT2D eigenvalue weighted by Crippen LogP contribution is -2.26. The molecule has 0 heterocycles. The quantitative estimate of drug-likeness (QED) is 0.569. The standard InChI is InChI=1S/C21H18Cl2N2O3S/c1-14-18(22)9-6-10-20(14)24-21(26)17-12-11-15(13-19(17)23)25(2)29(27,28)16-7-4-3-5-8-16/h3-13H,1-2H3,(H,24,26). The van der Waals surface area contributed by atoms with Crippen LogP contribution >= 0.6 is 23.2 Å². The third-order valence-electron chi connectivity index (χ3n) is 4.48. The summed E-state index contributed by atoms with van der Waals surface area (Å²) in [5, 5.41) is 3.45. The van der Waals surface area contributed by atoms with Crippen molar-refractivity contribution in [1.82, 2.24) is 0 Å². The smallest absolute Gasteiger partial charge is 0.264 e. The van der Waals surface area contributed by atoms with Crippen molar-refractivity contribution in [3.63, 3.8) is 0 Å². The molecule has 0 aromatic heterocycles. The van der Waals surface area contributed by atoms with Gasteiger partial charge < -0.3 is 5.32 Å². The molecule has 0 unspecified atom stereocenters. The molecule has 0 saturated carbocycles. The van der Waals surface area contributed by atoms with E-state index in [-0.39, 0.29) is 15.5 Å². The van der Waals surface area contributed by atoms with E-state index < -0.39 is 15.9 Å². The molecule has 0 aliphatic carbocycles. The van der Waals surface area contributed by atoms with Crippen molar-refractivity contribution in [3.05, 3.63) is 87.9 Å². The van der Waals surface area contributed by atoms with Gasteiger partial charge in [0.25, 0.3) is 15.9 Å². The van der Waals surface area contributed by atoms with Crippen LogP contribution in [0.1, 0.15) is 15.9 Å². The lowest BCUT2D eigenvalue weighted by atomic mass is 10.1. The van der Waals surface area contributed by atoms with Crippen molar-refractivity contribution >= 4 is 50.5 Å². The first-order valence-electron chi connectivity index (χ1n) is 8.62. The number of sulfonamides is 1. The van der Waals surface area contributed by atoms with E-state index >= 15 is 0 Å². The van der Waals surface area contributed by atoms with E-state index in [1.807, 2.05) is 0 Å². The molecule has 0 atom stereocenters. The highest BCUT2D eigenvalue weighted by molar-refractivity contribution is 7.92. The molecule has 3 aromatic rings. The molecule has 0 saturated heterocycles. The van der Waals surface area contributed by atoms with Crippen LogP contribution in [0.3, 0.4) is 0 Å². The summed E-state index contributed by atoms with van der Waals surface area (Å²) >= 11 is 12.4. The van der Waals surface area contributed by atoms with Crippen LogP contribution in [-0.4, -0.2) is 21.4 Å². The van der Waals surface area contributed by atoms with Gasteiger partial charge in [-0.1, -0.05) is 47.5 Å². The molecule has 0 aliphatic heterocycles. The Kier molecular flexibility index (Phi) is 6.17. The van der Waals surface area contributed by atoms with Crippen molar-refractivity contribution in [2.45, 2.75) is 11.8 Å². The highest BCUT2D eigenvalue weighted by Crippen LogP contribution is 2.29. The minimum absolute atomic E-state index is 0.134. The van der Waals surface area contributed by atoms with Crippen molar-refractivity contribution in [3.8, 4) is 0 Å². The number of benzene rings is 3. The van der Waals surface area contributed by atoms with Gasteiger partial charge in [-0.05, 0) is 55.0 Å². The van der Waals surface area contributed by atoms with E-state index in [4.69, 9.17) is 23.2 Å². The van der Waals surface area contributed by atoms with E-state index in [9.17, 15) is 13.2 Å². The SMILES string of the molecule is Cc1c(Cl)cccc1NC(=O)c1ccc(N(C)S(=O)(=O)c2ccccc2)cc1Cl. The third kappa shape index (κ3) is 4.40. The second-order valence-corrected chi connectivity index (χ2v) is 9.10. The molecule has 29 heavy (non-hydrogen) atoms. The maximum atomic E-state index is 12.8. The molecule has 0 radical (unpaired) electrons. The number of nitrogens with zero attached hydrogens (tertiary/aromatic N) is 1. The summed E-state index contributed by atoms with van der Waals surface area (Å²) in [6.07, 6.45) is 0. The van der Waals surface area contributed by atoms with Crippen LogP contribution in [0, 0.1) is 6.92 Å². The van der Waals surface area contributed by atoms with Crippen LogP contribution in [0.25, 0.3) is 0 Å². The highest BCUT2D eigenvalue weighted by Gasteiger charge is 2.22. The Morgan fingerprint density at radius 1 is 0.931 bits per heavy atom. The zero-order valence-electron chi connectivity index (χ0n) is 15.7. The van der Waals surface area contributed by atoms with Crippen LogP contribution in [0.15, 0.2) is 71.6 Å². The number of carbonyl (C=O) groups excluding carboxylic acids is 1. The molecule has 1 amide bonds. The molecule has 8 heteroatoms. The fourth-order valence-electron chi connectivity index (χ4n) is 2.71. The minimum Gasteiger partial charge on any atom is -0.322 e. The molecule has 0 fully saturated rings.